The van der Waals surface area contributed by atoms with E-state index in [4.69, 9.17) is 5.11 Å². The topological polar surface area (TPSA) is 75.9 Å². The number of aliphatic hydroxyl groups is 1. The van der Waals surface area contributed by atoms with Gasteiger partial charge in [0.1, 0.15) is 5.82 Å². The van der Waals surface area contributed by atoms with Crippen LogP contribution in [0.5, 0.6) is 0 Å². The Morgan fingerprint density at radius 3 is 2.81 bits per heavy atom. The van der Waals surface area contributed by atoms with Crippen LogP contribution in [0.3, 0.4) is 0 Å². The second-order valence-electron chi connectivity index (χ2n) is 4.91. The predicted molar refractivity (Wildman–Crippen MR) is 86.1 cm³/mol. The summed E-state index contributed by atoms with van der Waals surface area (Å²) in [7, 11) is 0. The highest BCUT2D eigenvalue weighted by molar-refractivity contribution is 7.98. The Morgan fingerprint density at radius 2 is 2.19 bits per heavy atom. The first-order valence-electron chi connectivity index (χ1n) is 6.86. The molecule has 0 aliphatic rings. The van der Waals surface area contributed by atoms with Crippen LogP contribution in [-0.4, -0.2) is 49.5 Å². The average molecular weight is 307 g/mol. The van der Waals surface area contributed by atoms with E-state index < -0.39 is 0 Å². The van der Waals surface area contributed by atoms with E-state index in [1.165, 1.54) is 0 Å². The second-order valence-corrected chi connectivity index (χ2v) is 5.82. The van der Waals surface area contributed by atoms with Gasteiger partial charge < -0.3 is 10.4 Å². The van der Waals surface area contributed by atoms with E-state index in [2.05, 4.69) is 20.4 Å². The highest BCUT2D eigenvalue weighted by Gasteiger charge is 2.10. The zero-order valence-corrected chi connectivity index (χ0v) is 13.4. The van der Waals surface area contributed by atoms with Crippen molar-refractivity contribution in [1.82, 2.24) is 19.7 Å². The van der Waals surface area contributed by atoms with Gasteiger partial charge in [0.25, 0.3) is 0 Å². The van der Waals surface area contributed by atoms with Gasteiger partial charge in [-0.25, -0.2) is 9.67 Å². The summed E-state index contributed by atoms with van der Waals surface area (Å²) in [5.41, 5.74) is 1.98. The number of aliphatic hydroxyl groups excluding tert-OH is 1. The minimum atomic E-state index is 0.156. The molecule has 0 radical (unpaired) electrons. The standard InChI is InChI=1S/C14H21N5OS/c1-10-6-11(2)19(18-10)14-8-15-7-13(17-14)16-12(4-5-20)9-21-3/h6-8,12,20H,4-5,9H2,1-3H3,(H,16,17). The van der Waals surface area contributed by atoms with Crippen molar-refractivity contribution in [2.45, 2.75) is 26.3 Å². The number of aromatic nitrogens is 4. The van der Waals surface area contributed by atoms with Crippen LogP contribution in [0, 0.1) is 13.8 Å². The number of nitrogens with one attached hydrogen (secondary N) is 1. The second kappa shape index (κ2) is 7.42. The van der Waals surface area contributed by atoms with Crippen molar-refractivity contribution in [3.05, 3.63) is 29.8 Å². The van der Waals surface area contributed by atoms with Crippen LogP contribution in [0.2, 0.25) is 0 Å². The number of nitrogens with zero attached hydrogens (tertiary/aromatic N) is 4. The van der Waals surface area contributed by atoms with Crippen molar-refractivity contribution in [3.8, 4) is 5.82 Å². The fourth-order valence-corrected chi connectivity index (χ4v) is 2.80. The third kappa shape index (κ3) is 4.18. The van der Waals surface area contributed by atoms with Crippen LogP contribution in [0.15, 0.2) is 18.5 Å². The van der Waals surface area contributed by atoms with E-state index in [0.717, 1.165) is 17.1 Å². The first-order chi connectivity index (χ1) is 10.1. The van der Waals surface area contributed by atoms with Crippen LogP contribution in [-0.2, 0) is 0 Å². The molecule has 2 heterocycles. The maximum Gasteiger partial charge on any atom is 0.174 e. The lowest BCUT2D eigenvalue weighted by atomic mass is 10.2. The normalized spacial score (nSPS) is 12.4. The van der Waals surface area contributed by atoms with Gasteiger partial charge in [-0.2, -0.15) is 16.9 Å². The van der Waals surface area contributed by atoms with E-state index >= 15 is 0 Å². The molecule has 2 N–H and O–H groups in total. The Kier molecular flexibility index (Phi) is 5.58. The minimum absolute atomic E-state index is 0.156. The van der Waals surface area contributed by atoms with Crippen LogP contribution in [0.25, 0.3) is 5.82 Å². The lowest BCUT2D eigenvalue weighted by Gasteiger charge is -2.17. The molecule has 2 rings (SSSR count). The highest BCUT2D eigenvalue weighted by atomic mass is 32.2. The van der Waals surface area contributed by atoms with E-state index in [-0.39, 0.29) is 12.6 Å². The summed E-state index contributed by atoms with van der Waals surface area (Å²) >= 11 is 1.74. The molecule has 0 aromatic carbocycles. The van der Waals surface area contributed by atoms with E-state index in [0.29, 0.717) is 18.1 Å². The van der Waals surface area contributed by atoms with Gasteiger partial charge in [0.2, 0.25) is 0 Å². The van der Waals surface area contributed by atoms with E-state index in [1.807, 2.05) is 26.2 Å². The zero-order valence-electron chi connectivity index (χ0n) is 12.6. The fourth-order valence-electron chi connectivity index (χ4n) is 2.15. The highest BCUT2D eigenvalue weighted by Crippen LogP contribution is 2.13. The quantitative estimate of drug-likeness (QED) is 0.812. The number of thioether (sulfide) groups is 1. The van der Waals surface area contributed by atoms with Crippen molar-refractivity contribution in [1.29, 1.82) is 0 Å². The summed E-state index contributed by atoms with van der Waals surface area (Å²) in [5, 5.41) is 16.9. The summed E-state index contributed by atoms with van der Waals surface area (Å²) in [4.78, 5) is 8.79. The van der Waals surface area contributed by atoms with Crippen molar-refractivity contribution < 1.29 is 5.11 Å². The third-order valence-electron chi connectivity index (χ3n) is 3.05. The Bertz CT molecular complexity index is 580. The molecule has 7 heteroatoms. The first-order valence-corrected chi connectivity index (χ1v) is 8.25. The molecule has 0 amide bonds. The summed E-state index contributed by atoms with van der Waals surface area (Å²) in [6.45, 7) is 4.10. The SMILES string of the molecule is CSCC(CCO)Nc1cncc(-n2nc(C)cc2C)n1. The molecule has 2 aromatic heterocycles. The number of hydrogen-bond acceptors (Lipinski definition) is 6. The first kappa shape index (κ1) is 15.8. The van der Waals surface area contributed by atoms with Gasteiger partial charge in [-0.1, -0.05) is 0 Å². The summed E-state index contributed by atoms with van der Waals surface area (Å²) in [6, 6.07) is 2.18. The molecular formula is C14H21N5OS. The molecular weight excluding hydrogens is 286 g/mol. The van der Waals surface area contributed by atoms with Crippen molar-refractivity contribution >= 4 is 17.6 Å². The summed E-state index contributed by atoms with van der Waals surface area (Å²) in [6.07, 6.45) is 6.12. The lowest BCUT2D eigenvalue weighted by molar-refractivity contribution is 0.282. The predicted octanol–water partition coefficient (Wildman–Crippen LogP) is 1.81. The molecule has 0 saturated heterocycles. The molecule has 21 heavy (non-hydrogen) atoms. The molecule has 0 spiro atoms. The maximum absolute atomic E-state index is 9.11. The summed E-state index contributed by atoms with van der Waals surface area (Å²) < 4.78 is 1.78. The number of rotatable bonds is 7. The average Bonchev–Trinajstić information content (AvgIpc) is 2.79. The molecule has 1 unspecified atom stereocenters. The Hall–Kier alpha value is -1.60. The van der Waals surface area contributed by atoms with Gasteiger partial charge in [-0.3, -0.25) is 4.98 Å². The number of anilines is 1. The smallest absolute Gasteiger partial charge is 0.174 e. The van der Waals surface area contributed by atoms with Crippen molar-refractivity contribution in [2.75, 3.05) is 23.9 Å². The Morgan fingerprint density at radius 1 is 1.38 bits per heavy atom. The maximum atomic E-state index is 9.11. The monoisotopic (exact) mass is 307 g/mol. The summed E-state index contributed by atoms with van der Waals surface area (Å²) in [5.74, 6) is 2.30. The molecule has 0 aliphatic heterocycles. The molecule has 114 valence electrons. The molecule has 0 fully saturated rings. The number of hydrogen-bond donors (Lipinski definition) is 2. The lowest BCUT2D eigenvalue weighted by Crippen LogP contribution is -2.24. The molecule has 0 saturated carbocycles. The molecule has 6 nitrogen and oxygen atoms in total. The fraction of sp³-hybridized carbons (Fsp3) is 0.500. The van der Waals surface area contributed by atoms with Crippen LogP contribution >= 0.6 is 11.8 Å². The van der Waals surface area contributed by atoms with Gasteiger partial charge in [-0.15, -0.1) is 0 Å². The van der Waals surface area contributed by atoms with Gasteiger partial charge in [-0.05, 0) is 32.6 Å². The largest absolute Gasteiger partial charge is 0.396 e. The molecule has 0 bridgehead atoms. The van der Waals surface area contributed by atoms with Gasteiger partial charge in [0.15, 0.2) is 5.82 Å². The van der Waals surface area contributed by atoms with Gasteiger partial charge in [0.05, 0.1) is 18.1 Å². The van der Waals surface area contributed by atoms with Crippen molar-refractivity contribution in [2.24, 2.45) is 0 Å². The zero-order chi connectivity index (χ0) is 15.2. The number of aryl methyl sites for hydroxylation is 2. The van der Waals surface area contributed by atoms with Crippen LogP contribution in [0.4, 0.5) is 5.82 Å². The van der Waals surface area contributed by atoms with E-state index in [1.54, 1.807) is 28.8 Å². The third-order valence-corrected chi connectivity index (χ3v) is 3.78. The molecule has 1 atom stereocenters. The van der Waals surface area contributed by atoms with Gasteiger partial charge >= 0.3 is 0 Å². The van der Waals surface area contributed by atoms with Crippen molar-refractivity contribution in [3.63, 3.8) is 0 Å². The van der Waals surface area contributed by atoms with Crippen LogP contribution < -0.4 is 5.32 Å². The van der Waals surface area contributed by atoms with Crippen LogP contribution in [0.1, 0.15) is 17.8 Å². The Labute approximate surface area is 129 Å². The van der Waals surface area contributed by atoms with Gasteiger partial charge in [0, 0.05) is 24.1 Å². The Balaban J connectivity index is 2.19. The molecule has 0 aliphatic carbocycles. The molecule has 2 aromatic rings. The van der Waals surface area contributed by atoms with E-state index in [9.17, 15) is 0 Å². The minimum Gasteiger partial charge on any atom is -0.396 e.